The Morgan fingerprint density at radius 2 is 1.88 bits per heavy atom. The van der Waals surface area contributed by atoms with Crippen molar-refractivity contribution in [3.05, 3.63) is 60.0 Å². The Labute approximate surface area is 139 Å². The van der Waals surface area contributed by atoms with E-state index in [-0.39, 0.29) is 0 Å². The van der Waals surface area contributed by atoms with Gasteiger partial charge in [-0.2, -0.15) is 5.26 Å². The maximum absolute atomic E-state index is 8.92. The van der Waals surface area contributed by atoms with Crippen molar-refractivity contribution < 1.29 is 13.9 Å². The van der Waals surface area contributed by atoms with Crippen molar-refractivity contribution >= 4 is 0 Å². The first-order valence-corrected chi connectivity index (χ1v) is 7.34. The average molecular weight is 321 g/mol. The summed E-state index contributed by atoms with van der Waals surface area (Å²) in [6, 6.07) is 16.3. The Kier molecular flexibility index (Phi) is 4.43. The molecule has 0 fully saturated rings. The lowest BCUT2D eigenvalue weighted by atomic mass is 10.2. The van der Waals surface area contributed by atoms with Gasteiger partial charge in [-0.3, -0.25) is 0 Å². The molecule has 120 valence electrons. The fourth-order valence-corrected chi connectivity index (χ4v) is 2.14. The number of hydrogen-bond donors (Lipinski definition) is 0. The van der Waals surface area contributed by atoms with Crippen LogP contribution in [0, 0.1) is 11.3 Å². The molecule has 0 saturated carbocycles. The van der Waals surface area contributed by atoms with Crippen molar-refractivity contribution in [2.24, 2.45) is 0 Å². The molecule has 0 saturated heterocycles. The van der Waals surface area contributed by atoms with Gasteiger partial charge in [0.15, 0.2) is 6.10 Å². The van der Waals surface area contributed by atoms with Crippen LogP contribution in [-0.2, 0) is 0 Å². The minimum absolute atomic E-state index is 0.364. The van der Waals surface area contributed by atoms with Gasteiger partial charge in [0, 0.05) is 5.56 Å². The molecular weight excluding hydrogens is 306 g/mol. The van der Waals surface area contributed by atoms with E-state index in [2.05, 4.69) is 16.3 Å². The van der Waals surface area contributed by atoms with Crippen LogP contribution >= 0.6 is 0 Å². The van der Waals surface area contributed by atoms with Gasteiger partial charge < -0.3 is 13.9 Å². The first-order valence-electron chi connectivity index (χ1n) is 7.34. The molecule has 0 aliphatic carbocycles. The van der Waals surface area contributed by atoms with Gasteiger partial charge in [-0.05, 0) is 49.4 Å². The standard InChI is InChI=1S/C18H15N3O3/c1-12(23-16-5-3-4-13(10-16)11-19)17-20-21-18(24-17)14-6-8-15(22-2)9-7-14/h3-10,12H,1-2H3/t12-/m0/s1. The van der Waals surface area contributed by atoms with E-state index in [0.29, 0.717) is 23.1 Å². The molecule has 0 unspecified atom stereocenters. The smallest absolute Gasteiger partial charge is 0.257 e. The largest absolute Gasteiger partial charge is 0.497 e. The Hall–Kier alpha value is -3.33. The molecule has 1 heterocycles. The summed E-state index contributed by atoms with van der Waals surface area (Å²) in [5, 5.41) is 17.0. The predicted molar refractivity (Wildman–Crippen MR) is 86.5 cm³/mol. The fourth-order valence-electron chi connectivity index (χ4n) is 2.14. The molecule has 3 aromatic rings. The van der Waals surface area contributed by atoms with E-state index >= 15 is 0 Å². The molecule has 0 aliphatic heterocycles. The normalized spacial score (nSPS) is 11.5. The number of ether oxygens (including phenoxy) is 2. The van der Waals surface area contributed by atoms with Crippen LogP contribution in [0.2, 0.25) is 0 Å². The second-order valence-electron chi connectivity index (χ2n) is 5.07. The van der Waals surface area contributed by atoms with Gasteiger partial charge in [0.1, 0.15) is 11.5 Å². The molecule has 24 heavy (non-hydrogen) atoms. The highest BCUT2D eigenvalue weighted by Crippen LogP contribution is 2.25. The van der Waals surface area contributed by atoms with Crippen molar-refractivity contribution in [1.82, 2.24) is 10.2 Å². The van der Waals surface area contributed by atoms with E-state index in [1.165, 1.54) is 0 Å². The highest BCUT2D eigenvalue weighted by Gasteiger charge is 2.17. The zero-order valence-electron chi connectivity index (χ0n) is 13.3. The summed E-state index contributed by atoms with van der Waals surface area (Å²) in [5.41, 5.74) is 1.33. The fraction of sp³-hybridized carbons (Fsp3) is 0.167. The molecular formula is C18H15N3O3. The molecule has 1 aromatic heterocycles. The van der Waals surface area contributed by atoms with Crippen molar-refractivity contribution in [1.29, 1.82) is 5.26 Å². The predicted octanol–water partition coefficient (Wildman–Crippen LogP) is 3.76. The van der Waals surface area contributed by atoms with Gasteiger partial charge in [0.25, 0.3) is 5.89 Å². The maximum atomic E-state index is 8.92. The summed E-state index contributed by atoms with van der Waals surface area (Å²) >= 11 is 0. The van der Waals surface area contributed by atoms with Gasteiger partial charge in [0.2, 0.25) is 5.89 Å². The Morgan fingerprint density at radius 1 is 1.08 bits per heavy atom. The van der Waals surface area contributed by atoms with Crippen molar-refractivity contribution in [2.45, 2.75) is 13.0 Å². The zero-order valence-corrected chi connectivity index (χ0v) is 13.3. The second-order valence-corrected chi connectivity index (χ2v) is 5.07. The van der Waals surface area contributed by atoms with Gasteiger partial charge >= 0.3 is 0 Å². The highest BCUT2D eigenvalue weighted by molar-refractivity contribution is 5.54. The second kappa shape index (κ2) is 6.84. The number of hydrogen-bond acceptors (Lipinski definition) is 6. The summed E-state index contributed by atoms with van der Waals surface area (Å²) in [6.07, 6.45) is -0.432. The molecule has 0 bridgehead atoms. The Bertz CT molecular complexity index is 866. The molecule has 0 amide bonds. The summed E-state index contributed by atoms with van der Waals surface area (Å²) in [7, 11) is 1.61. The molecule has 0 spiro atoms. The number of aromatic nitrogens is 2. The van der Waals surface area contributed by atoms with Crippen LogP contribution in [0.1, 0.15) is 24.5 Å². The average Bonchev–Trinajstić information content (AvgIpc) is 3.12. The van der Waals surface area contributed by atoms with E-state index in [1.807, 2.05) is 31.2 Å². The van der Waals surface area contributed by atoms with E-state index in [1.54, 1.807) is 31.4 Å². The molecule has 2 aromatic carbocycles. The maximum Gasteiger partial charge on any atom is 0.257 e. The summed E-state index contributed by atoms with van der Waals surface area (Å²) in [6.45, 7) is 1.81. The number of nitriles is 1. The van der Waals surface area contributed by atoms with E-state index in [9.17, 15) is 0 Å². The van der Waals surface area contributed by atoms with Crippen LogP contribution in [0.3, 0.4) is 0 Å². The number of nitrogens with zero attached hydrogens (tertiary/aromatic N) is 3. The SMILES string of the molecule is COc1ccc(-c2nnc([C@H](C)Oc3cccc(C#N)c3)o2)cc1. The van der Waals surface area contributed by atoms with E-state index in [0.717, 1.165) is 11.3 Å². The highest BCUT2D eigenvalue weighted by atomic mass is 16.5. The first kappa shape index (κ1) is 15.6. The quantitative estimate of drug-likeness (QED) is 0.711. The third kappa shape index (κ3) is 3.36. The van der Waals surface area contributed by atoms with Crippen LogP contribution in [0.5, 0.6) is 11.5 Å². The summed E-state index contributed by atoms with van der Waals surface area (Å²) in [4.78, 5) is 0. The van der Waals surface area contributed by atoms with E-state index in [4.69, 9.17) is 19.2 Å². The lowest BCUT2D eigenvalue weighted by molar-refractivity contribution is 0.189. The Morgan fingerprint density at radius 3 is 2.58 bits per heavy atom. The topological polar surface area (TPSA) is 81.2 Å². The number of rotatable bonds is 5. The summed E-state index contributed by atoms with van der Waals surface area (Å²) < 4.78 is 16.6. The summed E-state index contributed by atoms with van der Waals surface area (Å²) in [5.74, 6) is 2.11. The first-order chi connectivity index (χ1) is 11.7. The zero-order chi connectivity index (χ0) is 16.9. The number of benzene rings is 2. The third-order valence-corrected chi connectivity index (χ3v) is 3.40. The number of methoxy groups -OCH3 is 1. The third-order valence-electron chi connectivity index (χ3n) is 3.40. The van der Waals surface area contributed by atoms with Crippen molar-refractivity contribution in [3.8, 4) is 29.0 Å². The van der Waals surface area contributed by atoms with Crippen LogP contribution < -0.4 is 9.47 Å². The molecule has 0 aliphatic rings. The lowest BCUT2D eigenvalue weighted by Gasteiger charge is -2.10. The minimum atomic E-state index is -0.432. The van der Waals surface area contributed by atoms with Crippen molar-refractivity contribution in [3.63, 3.8) is 0 Å². The molecule has 1 atom stereocenters. The monoisotopic (exact) mass is 321 g/mol. The molecule has 6 nitrogen and oxygen atoms in total. The van der Waals surface area contributed by atoms with Crippen LogP contribution in [-0.4, -0.2) is 17.3 Å². The molecule has 3 rings (SSSR count). The van der Waals surface area contributed by atoms with Crippen molar-refractivity contribution in [2.75, 3.05) is 7.11 Å². The van der Waals surface area contributed by atoms with Gasteiger partial charge in [0.05, 0.1) is 18.7 Å². The van der Waals surface area contributed by atoms with Crippen LogP contribution in [0.15, 0.2) is 52.9 Å². The lowest BCUT2D eigenvalue weighted by Crippen LogP contribution is -2.03. The Balaban J connectivity index is 1.75. The molecule has 0 N–H and O–H groups in total. The van der Waals surface area contributed by atoms with Gasteiger partial charge in [-0.1, -0.05) is 6.07 Å². The van der Waals surface area contributed by atoms with Gasteiger partial charge in [-0.15, -0.1) is 10.2 Å². The molecule has 6 heteroatoms. The van der Waals surface area contributed by atoms with Crippen LogP contribution in [0.4, 0.5) is 0 Å². The minimum Gasteiger partial charge on any atom is -0.497 e. The molecule has 0 radical (unpaired) electrons. The van der Waals surface area contributed by atoms with Gasteiger partial charge in [-0.25, -0.2) is 0 Å². The van der Waals surface area contributed by atoms with E-state index < -0.39 is 6.10 Å². The van der Waals surface area contributed by atoms with Crippen LogP contribution in [0.25, 0.3) is 11.5 Å².